The predicted molar refractivity (Wildman–Crippen MR) is 71.9 cm³/mol. The van der Waals surface area contributed by atoms with Crippen LogP contribution in [0.5, 0.6) is 0 Å². The third-order valence-corrected chi connectivity index (χ3v) is 3.02. The molecule has 0 aliphatic rings. The Morgan fingerprint density at radius 1 is 1.32 bits per heavy atom. The van der Waals surface area contributed by atoms with Gasteiger partial charge in [-0.05, 0) is 31.5 Å². The van der Waals surface area contributed by atoms with Crippen LogP contribution in [0.4, 0.5) is 0 Å². The highest BCUT2D eigenvalue weighted by Crippen LogP contribution is 2.22. The quantitative estimate of drug-likeness (QED) is 0.920. The van der Waals surface area contributed by atoms with E-state index in [1.165, 1.54) is 0 Å². The minimum Gasteiger partial charge on any atom is -0.478 e. The van der Waals surface area contributed by atoms with Crippen molar-refractivity contribution in [2.45, 2.75) is 33.6 Å². The summed E-state index contributed by atoms with van der Waals surface area (Å²) >= 11 is 0. The number of aryl methyl sites for hydroxylation is 1. The number of hydrogen-bond donors (Lipinski definition) is 1. The number of hydrogen-bond acceptors (Lipinski definition) is 3. The number of carbonyl (C=O) groups is 1. The molecule has 100 valence electrons. The van der Waals surface area contributed by atoms with Crippen LogP contribution < -0.4 is 0 Å². The first-order valence-electron chi connectivity index (χ1n) is 6.18. The van der Waals surface area contributed by atoms with Crippen LogP contribution in [-0.4, -0.2) is 25.8 Å². The first-order chi connectivity index (χ1) is 8.91. The van der Waals surface area contributed by atoms with E-state index in [2.05, 4.69) is 10.1 Å². The van der Waals surface area contributed by atoms with Crippen molar-refractivity contribution < 1.29 is 9.90 Å². The predicted octanol–water partition coefficient (Wildman–Crippen LogP) is 2.71. The molecule has 1 aromatic heterocycles. The van der Waals surface area contributed by atoms with Gasteiger partial charge < -0.3 is 5.11 Å². The Kier molecular flexibility index (Phi) is 3.38. The molecule has 1 N–H and O–H groups in total. The molecule has 0 fully saturated rings. The number of nitrogens with zero attached hydrogens (tertiary/aromatic N) is 3. The highest BCUT2D eigenvalue weighted by Gasteiger charge is 2.17. The van der Waals surface area contributed by atoms with Crippen molar-refractivity contribution in [3.63, 3.8) is 0 Å². The summed E-state index contributed by atoms with van der Waals surface area (Å²) in [5, 5.41) is 13.6. The SMILES string of the molecule is Cc1nc(C(C)C)n(-c2cccc(C(=O)O)c2C)n1. The molecule has 0 bridgehead atoms. The van der Waals surface area contributed by atoms with Crippen LogP contribution in [0, 0.1) is 13.8 Å². The Balaban J connectivity index is 2.66. The van der Waals surface area contributed by atoms with Crippen LogP contribution in [0.3, 0.4) is 0 Å². The van der Waals surface area contributed by atoms with Crippen molar-refractivity contribution in [1.29, 1.82) is 0 Å². The molecule has 0 atom stereocenters. The summed E-state index contributed by atoms with van der Waals surface area (Å²) in [6, 6.07) is 5.19. The zero-order chi connectivity index (χ0) is 14.2. The molecule has 0 spiro atoms. The summed E-state index contributed by atoms with van der Waals surface area (Å²) in [7, 11) is 0. The molecule has 0 radical (unpaired) electrons. The highest BCUT2D eigenvalue weighted by molar-refractivity contribution is 5.90. The fraction of sp³-hybridized carbons (Fsp3) is 0.357. The van der Waals surface area contributed by atoms with Crippen LogP contribution in [0.15, 0.2) is 18.2 Å². The van der Waals surface area contributed by atoms with Crippen molar-refractivity contribution in [3.05, 3.63) is 41.0 Å². The number of benzene rings is 1. The van der Waals surface area contributed by atoms with Gasteiger partial charge in [-0.15, -0.1) is 0 Å². The summed E-state index contributed by atoms with van der Waals surface area (Å²) in [5.41, 5.74) is 1.76. The minimum atomic E-state index is -0.928. The molecule has 0 saturated carbocycles. The monoisotopic (exact) mass is 259 g/mol. The largest absolute Gasteiger partial charge is 0.478 e. The summed E-state index contributed by atoms with van der Waals surface area (Å²) in [4.78, 5) is 15.6. The lowest BCUT2D eigenvalue weighted by Crippen LogP contribution is -2.09. The van der Waals surface area contributed by atoms with Crippen LogP contribution >= 0.6 is 0 Å². The molecule has 0 aliphatic carbocycles. The zero-order valence-corrected chi connectivity index (χ0v) is 11.5. The number of carboxylic acid groups (broad SMARTS) is 1. The number of aromatic carboxylic acids is 1. The normalized spacial score (nSPS) is 11.0. The second kappa shape index (κ2) is 4.84. The summed E-state index contributed by atoms with van der Waals surface area (Å²) < 4.78 is 1.74. The van der Waals surface area contributed by atoms with Crippen LogP contribution in [0.25, 0.3) is 5.69 Å². The van der Waals surface area contributed by atoms with E-state index in [9.17, 15) is 9.90 Å². The van der Waals surface area contributed by atoms with Gasteiger partial charge in [0.1, 0.15) is 11.6 Å². The molecule has 5 heteroatoms. The van der Waals surface area contributed by atoms with Gasteiger partial charge in [-0.25, -0.2) is 14.5 Å². The van der Waals surface area contributed by atoms with E-state index >= 15 is 0 Å². The highest BCUT2D eigenvalue weighted by atomic mass is 16.4. The molecular formula is C14H17N3O2. The molecule has 0 unspecified atom stereocenters. The van der Waals surface area contributed by atoms with E-state index in [1.807, 2.05) is 26.8 Å². The number of carboxylic acids is 1. The molecule has 0 aliphatic heterocycles. The molecule has 1 heterocycles. The maximum absolute atomic E-state index is 11.2. The fourth-order valence-corrected chi connectivity index (χ4v) is 2.07. The van der Waals surface area contributed by atoms with Crippen molar-refractivity contribution >= 4 is 5.97 Å². The summed E-state index contributed by atoms with van der Waals surface area (Å²) in [6.45, 7) is 7.70. The van der Waals surface area contributed by atoms with Gasteiger partial charge in [-0.3, -0.25) is 0 Å². The van der Waals surface area contributed by atoms with Crippen LogP contribution in [0.2, 0.25) is 0 Å². The third-order valence-electron chi connectivity index (χ3n) is 3.02. The van der Waals surface area contributed by atoms with Gasteiger partial charge in [0.15, 0.2) is 0 Å². The lowest BCUT2D eigenvalue weighted by molar-refractivity contribution is 0.0696. The fourth-order valence-electron chi connectivity index (χ4n) is 2.07. The van der Waals surface area contributed by atoms with Crippen LogP contribution in [0.1, 0.15) is 47.3 Å². The van der Waals surface area contributed by atoms with E-state index in [0.717, 1.165) is 11.5 Å². The van der Waals surface area contributed by atoms with Gasteiger partial charge in [0.2, 0.25) is 0 Å². The van der Waals surface area contributed by atoms with Gasteiger partial charge in [0.05, 0.1) is 11.3 Å². The Morgan fingerprint density at radius 2 is 2.00 bits per heavy atom. The molecule has 2 aromatic rings. The van der Waals surface area contributed by atoms with Gasteiger partial charge >= 0.3 is 5.97 Å². The van der Waals surface area contributed by atoms with E-state index in [0.29, 0.717) is 17.0 Å². The second-order valence-corrected chi connectivity index (χ2v) is 4.84. The second-order valence-electron chi connectivity index (χ2n) is 4.84. The average molecular weight is 259 g/mol. The van der Waals surface area contributed by atoms with Crippen molar-refractivity contribution in [3.8, 4) is 5.69 Å². The topological polar surface area (TPSA) is 68.0 Å². The van der Waals surface area contributed by atoms with Gasteiger partial charge in [-0.1, -0.05) is 19.9 Å². The van der Waals surface area contributed by atoms with Gasteiger partial charge in [0, 0.05) is 5.92 Å². The van der Waals surface area contributed by atoms with Crippen molar-refractivity contribution in [1.82, 2.24) is 14.8 Å². The first kappa shape index (κ1) is 13.3. The van der Waals surface area contributed by atoms with Crippen molar-refractivity contribution in [2.24, 2.45) is 0 Å². The maximum Gasteiger partial charge on any atom is 0.336 e. The molecule has 2 rings (SSSR count). The molecular weight excluding hydrogens is 242 g/mol. The van der Waals surface area contributed by atoms with Gasteiger partial charge in [-0.2, -0.15) is 5.10 Å². The Labute approximate surface area is 111 Å². The van der Waals surface area contributed by atoms with E-state index in [-0.39, 0.29) is 5.92 Å². The molecule has 0 amide bonds. The average Bonchev–Trinajstić information content (AvgIpc) is 2.71. The molecule has 19 heavy (non-hydrogen) atoms. The Hall–Kier alpha value is -2.17. The van der Waals surface area contributed by atoms with Crippen LogP contribution in [-0.2, 0) is 0 Å². The van der Waals surface area contributed by atoms with Crippen molar-refractivity contribution in [2.75, 3.05) is 0 Å². The third kappa shape index (κ3) is 2.36. The van der Waals surface area contributed by atoms with Gasteiger partial charge in [0.25, 0.3) is 0 Å². The maximum atomic E-state index is 11.2. The lowest BCUT2D eigenvalue weighted by atomic mass is 10.1. The molecule has 1 aromatic carbocycles. The first-order valence-corrected chi connectivity index (χ1v) is 6.18. The Bertz CT molecular complexity index is 630. The zero-order valence-electron chi connectivity index (χ0n) is 11.5. The molecule has 0 saturated heterocycles. The smallest absolute Gasteiger partial charge is 0.336 e. The van der Waals surface area contributed by atoms with E-state index in [1.54, 1.807) is 23.7 Å². The molecule has 5 nitrogen and oxygen atoms in total. The standard InChI is InChI=1S/C14H17N3O2/c1-8(2)13-15-10(4)16-17(13)12-7-5-6-11(9(12)3)14(18)19/h5-8H,1-4H3,(H,18,19). The number of aromatic nitrogens is 3. The summed E-state index contributed by atoms with van der Waals surface area (Å²) in [5.74, 6) is 0.809. The summed E-state index contributed by atoms with van der Waals surface area (Å²) in [6.07, 6.45) is 0. The number of rotatable bonds is 3. The van der Waals surface area contributed by atoms with E-state index < -0.39 is 5.97 Å². The lowest BCUT2D eigenvalue weighted by Gasteiger charge is -2.12. The minimum absolute atomic E-state index is 0.217. The van der Waals surface area contributed by atoms with E-state index in [4.69, 9.17) is 0 Å². The Morgan fingerprint density at radius 3 is 2.58 bits per heavy atom.